The number of carbonyl (C=O) groups excluding carboxylic acids is 1. The zero-order chi connectivity index (χ0) is 19.9. The fraction of sp³-hybridized carbons (Fsp3) is 0.474. The largest absolute Gasteiger partial charge is 0.357 e. The molecule has 2 heterocycles. The van der Waals surface area contributed by atoms with Gasteiger partial charge in [-0.3, -0.25) is 9.36 Å². The van der Waals surface area contributed by atoms with E-state index in [-0.39, 0.29) is 42.0 Å². The van der Waals surface area contributed by atoms with Crippen LogP contribution in [0.25, 0.3) is 5.82 Å². The van der Waals surface area contributed by atoms with Gasteiger partial charge in [-0.15, -0.1) is 24.0 Å². The number of imidazole rings is 1. The molecule has 154 valence electrons. The maximum Gasteiger partial charge on any atom is 0.239 e. The summed E-state index contributed by atoms with van der Waals surface area (Å²) in [4.78, 5) is 25.1. The van der Waals surface area contributed by atoms with Gasteiger partial charge in [0.1, 0.15) is 11.6 Å². The van der Waals surface area contributed by atoms with Crippen molar-refractivity contribution < 1.29 is 4.79 Å². The van der Waals surface area contributed by atoms with Crippen LogP contribution in [0, 0.1) is 6.92 Å². The van der Waals surface area contributed by atoms with Crippen LogP contribution in [0.15, 0.2) is 35.7 Å². The molecule has 0 unspecified atom stereocenters. The fourth-order valence-corrected chi connectivity index (χ4v) is 2.41. The standard InChI is InChI=1S/C19H29N7O.HI/c1-6-20-18(24-13-17(27)25-19(3,4)5)23-12-15-7-8-16(22-11-15)26-10-9-21-14(26)2;/h7-11H,6,12-13H2,1-5H3,(H,25,27)(H2,20,23,24);1H. The first-order chi connectivity index (χ1) is 12.8. The lowest BCUT2D eigenvalue weighted by atomic mass is 10.1. The predicted octanol–water partition coefficient (Wildman–Crippen LogP) is 2.16. The highest BCUT2D eigenvalue weighted by molar-refractivity contribution is 14.0. The van der Waals surface area contributed by atoms with E-state index in [1.54, 1.807) is 12.4 Å². The van der Waals surface area contributed by atoms with Gasteiger partial charge < -0.3 is 16.0 Å². The zero-order valence-corrected chi connectivity index (χ0v) is 19.4. The number of nitrogens with one attached hydrogen (secondary N) is 3. The van der Waals surface area contributed by atoms with Crippen molar-refractivity contribution in [3.05, 3.63) is 42.1 Å². The third kappa shape index (κ3) is 7.83. The molecule has 0 bridgehead atoms. The first-order valence-corrected chi connectivity index (χ1v) is 9.07. The van der Waals surface area contributed by atoms with E-state index in [1.807, 2.05) is 57.5 Å². The zero-order valence-electron chi connectivity index (χ0n) is 17.1. The second kappa shape index (κ2) is 11.0. The predicted molar refractivity (Wildman–Crippen MR) is 122 cm³/mol. The molecule has 0 aliphatic heterocycles. The van der Waals surface area contributed by atoms with Crippen LogP contribution in [0.5, 0.6) is 0 Å². The number of amides is 1. The van der Waals surface area contributed by atoms with Crippen molar-refractivity contribution in [3.63, 3.8) is 0 Å². The van der Waals surface area contributed by atoms with E-state index in [2.05, 4.69) is 30.9 Å². The van der Waals surface area contributed by atoms with Crippen molar-refractivity contribution in [3.8, 4) is 5.82 Å². The molecule has 0 aromatic carbocycles. The Kier molecular flexibility index (Phi) is 9.36. The SMILES string of the molecule is CCNC(=NCc1ccc(-n2ccnc2C)nc1)NCC(=O)NC(C)(C)C.I. The van der Waals surface area contributed by atoms with Gasteiger partial charge in [0, 0.05) is 30.7 Å². The van der Waals surface area contributed by atoms with Gasteiger partial charge in [0.2, 0.25) is 5.91 Å². The topological polar surface area (TPSA) is 96.2 Å². The monoisotopic (exact) mass is 499 g/mol. The van der Waals surface area contributed by atoms with Gasteiger partial charge in [0.25, 0.3) is 0 Å². The van der Waals surface area contributed by atoms with E-state index in [9.17, 15) is 4.79 Å². The summed E-state index contributed by atoms with van der Waals surface area (Å²) in [6, 6.07) is 3.93. The molecule has 2 aromatic heterocycles. The molecule has 8 nitrogen and oxygen atoms in total. The molecule has 0 spiro atoms. The van der Waals surface area contributed by atoms with Gasteiger partial charge in [0.05, 0.1) is 13.1 Å². The van der Waals surface area contributed by atoms with E-state index in [0.717, 1.165) is 17.2 Å². The summed E-state index contributed by atoms with van der Waals surface area (Å²) in [5, 5.41) is 9.10. The molecule has 0 saturated heterocycles. The fourth-order valence-electron chi connectivity index (χ4n) is 2.41. The maximum absolute atomic E-state index is 11.9. The molecule has 2 rings (SSSR count). The van der Waals surface area contributed by atoms with Crippen LogP contribution in [0.4, 0.5) is 0 Å². The van der Waals surface area contributed by atoms with Crippen LogP contribution >= 0.6 is 24.0 Å². The molecule has 0 radical (unpaired) electrons. The normalized spacial score (nSPS) is 11.5. The lowest BCUT2D eigenvalue weighted by Crippen LogP contribution is -2.48. The van der Waals surface area contributed by atoms with Crippen LogP contribution in [-0.4, -0.2) is 45.0 Å². The average molecular weight is 499 g/mol. The van der Waals surface area contributed by atoms with Gasteiger partial charge in [-0.05, 0) is 46.2 Å². The van der Waals surface area contributed by atoms with Crippen LogP contribution < -0.4 is 16.0 Å². The van der Waals surface area contributed by atoms with Crippen LogP contribution in [0.3, 0.4) is 0 Å². The van der Waals surface area contributed by atoms with Crippen LogP contribution in [0.2, 0.25) is 0 Å². The van der Waals surface area contributed by atoms with Gasteiger partial charge in [-0.2, -0.15) is 0 Å². The molecule has 28 heavy (non-hydrogen) atoms. The quantitative estimate of drug-likeness (QED) is 0.322. The Labute approximate surface area is 183 Å². The first-order valence-electron chi connectivity index (χ1n) is 9.07. The molecule has 0 aliphatic carbocycles. The first kappa shape index (κ1) is 23.9. The highest BCUT2D eigenvalue weighted by Crippen LogP contribution is 2.09. The minimum Gasteiger partial charge on any atom is -0.357 e. The highest BCUT2D eigenvalue weighted by Gasteiger charge is 2.13. The number of nitrogens with zero attached hydrogens (tertiary/aromatic N) is 4. The third-order valence-corrected chi connectivity index (χ3v) is 3.58. The van der Waals surface area contributed by atoms with Crippen molar-refractivity contribution in [2.24, 2.45) is 4.99 Å². The minimum absolute atomic E-state index is 0. The number of hydrogen-bond acceptors (Lipinski definition) is 4. The summed E-state index contributed by atoms with van der Waals surface area (Å²) < 4.78 is 1.92. The number of halogens is 1. The second-order valence-corrected chi connectivity index (χ2v) is 7.22. The number of rotatable bonds is 6. The Bertz CT molecular complexity index is 778. The molecular formula is C19H30IN7O. The molecule has 0 aliphatic rings. The number of guanidine groups is 1. The lowest BCUT2D eigenvalue weighted by Gasteiger charge is -2.21. The summed E-state index contributed by atoms with van der Waals surface area (Å²) in [7, 11) is 0. The molecule has 2 aromatic rings. The van der Waals surface area contributed by atoms with Crippen molar-refractivity contribution >= 4 is 35.8 Å². The summed E-state index contributed by atoms with van der Waals surface area (Å²) in [6.45, 7) is 11.1. The van der Waals surface area contributed by atoms with Crippen molar-refractivity contribution in [1.82, 2.24) is 30.5 Å². The summed E-state index contributed by atoms with van der Waals surface area (Å²) >= 11 is 0. The number of aryl methyl sites for hydroxylation is 1. The maximum atomic E-state index is 11.9. The van der Waals surface area contributed by atoms with Crippen LogP contribution in [0.1, 0.15) is 39.1 Å². The number of carbonyl (C=O) groups is 1. The number of aromatic nitrogens is 3. The van der Waals surface area contributed by atoms with E-state index in [4.69, 9.17) is 0 Å². The van der Waals surface area contributed by atoms with E-state index in [0.29, 0.717) is 19.0 Å². The Morgan fingerprint density at radius 2 is 1.96 bits per heavy atom. The van der Waals surface area contributed by atoms with Crippen molar-refractivity contribution in [2.75, 3.05) is 13.1 Å². The van der Waals surface area contributed by atoms with Crippen molar-refractivity contribution in [2.45, 2.75) is 46.7 Å². The van der Waals surface area contributed by atoms with E-state index in [1.165, 1.54) is 0 Å². The average Bonchev–Trinajstić information content (AvgIpc) is 3.02. The molecule has 9 heteroatoms. The van der Waals surface area contributed by atoms with Crippen LogP contribution in [-0.2, 0) is 11.3 Å². The summed E-state index contributed by atoms with van der Waals surface area (Å²) in [6.07, 6.45) is 5.43. The number of pyridine rings is 1. The Balaban J connectivity index is 0.00000392. The highest BCUT2D eigenvalue weighted by atomic mass is 127. The van der Waals surface area contributed by atoms with E-state index < -0.39 is 0 Å². The molecule has 0 fully saturated rings. The smallest absolute Gasteiger partial charge is 0.239 e. The number of aliphatic imine (C=N–C) groups is 1. The Morgan fingerprint density at radius 3 is 2.50 bits per heavy atom. The number of hydrogen-bond donors (Lipinski definition) is 3. The summed E-state index contributed by atoms with van der Waals surface area (Å²) in [5.41, 5.74) is 0.725. The summed E-state index contributed by atoms with van der Waals surface area (Å²) in [5.74, 6) is 2.23. The Hall–Kier alpha value is -2.17. The van der Waals surface area contributed by atoms with Gasteiger partial charge in [0.15, 0.2) is 5.96 Å². The lowest BCUT2D eigenvalue weighted by molar-refractivity contribution is -0.121. The molecular weight excluding hydrogens is 469 g/mol. The van der Waals surface area contributed by atoms with Gasteiger partial charge >= 0.3 is 0 Å². The Morgan fingerprint density at radius 1 is 1.21 bits per heavy atom. The second-order valence-electron chi connectivity index (χ2n) is 7.22. The van der Waals surface area contributed by atoms with Gasteiger partial charge in [-0.25, -0.2) is 15.0 Å². The minimum atomic E-state index is -0.255. The van der Waals surface area contributed by atoms with Gasteiger partial charge in [-0.1, -0.05) is 6.07 Å². The molecule has 0 atom stereocenters. The van der Waals surface area contributed by atoms with Crippen molar-refractivity contribution in [1.29, 1.82) is 0 Å². The van der Waals surface area contributed by atoms with E-state index >= 15 is 0 Å². The molecule has 0 saturated carbocycles. The third-order valence-electron chi connectivity index (χ3n) is 3.58. The molecule has 1 amide bonds. The molecule has 3 N–H and O–H groups in total.